The molecule has 6 atom stereocenters. The maximum absolute atomic E-state index is 14.3. The van der Waals surface area contributed by atoms with E-state index in [2.05, 4.69) is 22.5 Å². The van der Waals surface area contributed by atoms with Crippen LogP contribution in [-0.4, -0.2) is 91.2 Å². The number of ether oxygens (including phenoxy) is 3. The first-order chi connectivity index (χ1) is 24.6. The summed E-state index contributed by atoms with van der Waals surface area (Å²) in [6.45, 7) is 10.2. The number of aliphatic hydroxyl groups excluding tert-OH is 1. The van der Waals surface area contributed by atoms with Crippen LogP contribution in [0.5, 0.6) is 0 Å². The maximum atomic E-state index is 14.3. The first-order valence-electron chi connectivity index (χ1n) is 18.1. The number of esters is 1. The molecule has 2 aromatic carbocycles. The van der Waals surface area contributed by atoms with Crippen molar-refractivity contribution in [3.63, 3.8) is 0 Å². The molecule has 1 aliphatic carbocycles. The fraction of sp³-hybridized carbons (Fsp3) is 0.622. The summed E-state index contributed by atoms with van der Waals surface area (Å²) >= 11 is 1.38. The van der Waals surface area contributed by atoms with Gasteiger partial charge in [0.1, 0.15) is 17.7 Å². The van der Waals surface area contributed by atoms with Crippen LogP contribution < -0.4 is 10.6 Å². The number of hydrogen-bond donors (Lipinski definition) is 3. The number of fused-ring (bicyclic) bond motifs is 2. The number of benzene rings is 2. The van der Waals surface area contributed by atoms with Crippen molar-refractivity contribution < 1.29 is 41.3 Å². The fourth-order valence-electron chi connectivity index (χ4n) is 7.44. The number of aromatic nitrogens is 1. The molecular formula is C37H50F2N4O7S2. The summed E-state index contributed by atoms with van der Waals surface area (Å²) < 4.78 is 76.7. The molecule has 2 saturated heterocycles. The molecule has 3 heterocycles. The summed E-state index contributed by atoms with van der Waals surface area (Å²) in [4.78, 5) is 18.3. The zero-order valence-corrected chi connectivity index (χ0v) is 31.9. The van der Waals surface area contributed by atoms with E-state index in [4.69, 9.17) is 14.2 Å². The van der Waals surface area contributed by atoms with Crippen LogP contribution in [0.1, 0.15) is 65.9 Å². The molecule has 286 valence electrons. The van der Waals surface area contributed by atoms with E-state index in [0.717, 1.165) is 36.2 Å². The molecular weight excluding hydrogens is 715 g/mol. The van der Waals surface area contributed by atoms with Gasteiger partial charge < -0.3 is 30.0 Å². The van der Waals surface area contributed by atoms with Gasteiger partial charge in [-0.3, -0.25) is 4.79 Å². The number of anilines is 1. The minimum absolute atomic E-state index is 0.0566. The normalized spacial score (nSPS) is 24.8. The van der Waals surface area contributed by atoms with Crippen molar-refractivity contribution in [2.75, 3.05) is 31.6 Å². The number of carbonyl (C=O) groups is 1. The number of aliphatic hydroxyl groups is 1. The quantitative estimate of drug-likeness (QED) is 0.161. The van der Waals surface area contributed by atoms with Gasteiger partial charge in [-0.1, -0.05) is 39.0 Å². The molecule has 0 bridgehead atoms. The zero-order chi connectivity index (χ0) is 37.4. The predicted molar refractivity (Wildman–Crippen MR) is 194 cm³/mol. The van der Waals surface area contributed by atoms with E-state index in [1.54, 1.807) is 12.1 Å². The van der Waals surface area contributed by atoms with Gasteiger partial charge in [-0.2, -0.15) is 4.31 Å². The number of thiazole rings is 1. The molecule has 1 aromatic heterocycles. The smallest absolute Gasteiger partial charge is 0.306 e. The highest BCUT2D eigenvalue weighted by molar-refractivity contribution is 7.89. The van der Waals surface area contributed by atoms with E-state index in [9.17, 15) is 27.1 Å². The van der Waals surface area contributed by atoms with E-state index in [-0.39, 0.29) is 60.9 Å². The third-order valence-corrected chi connectivity index (χ3v) is 12.7. The minimum Gasteiger partial charge on any atom is -0.459 e. The molecule has 0 amide bonds. The highest BCUT2D eigenvalue weighted by Crippen LogP contribution is 2.40. The average molecular weight is 765 g/mol. The highest BCUT2D eigenvalue weighted by atomic mass is 32.2. The molecule has 3 aromatic rings. The van der Waals surface area contributed by atoms with Gasteiger partial charge in [0.2, 0.25) is 10.0 Å². The molecule has 0 unspecified atom stereocenters. The Hall–Kier alpha value is -2.79. The van der Waals surface area contributed by atoms with Crippen molar-refractivity contribution in [3.05, 3.63) is 53.6 Å². The predicted octanol–water partition coefficient (Wildman–Crippen LogP) is 5.47. The van der Waals surface area contributed by atoms with Crippen LogP contribution in [0, 0.1) is 29.4 Å². The number of nitrogens with zero attached hydrogens (tertiary/aromatic N) is 2. The lowest BCUT2D eigenvalue weighted by molar-refractivity contribution is -0.181. The fourth-order valence-corrected chi connectivity index (χ4v) is 10.1. The molecule has 2 aliphatic heterocycles. The number of rotatable bonds is 16. The monoisotopic (exact) mass is 764 g/mol. The molecule has 6 rings (SSSR count). The van der Waals surface area contributed by atoms with Crippen molar-refractivity contribution in [2.24, 2.45) is 17.8 Å². The molecule has 1 saturated carbocycles. The lowest BCUT2D eigenvalue weighted by atomic mass is 9.78. The Morgan fingerprint density at radius 2 is 1.85 bits per heavy atom. The third kappa shape index (κ3) is 9.28. The standard InChI is InChI=1S/C37H50F2N4O7S2/c1-21(2)18-43(52(46,47)28-8-9-29-32(17-28)51-36(41-29)40-27-6-7-27)19-30(44)24(12-23-13-25(38)16-26(39)14-23)15-33(45)50-31-20-49-35-34(31)37(5,10-11-48-35)42-22(3)4/h8-9,13-14,16-17,21-22,24,27,30-31,34-35,42,44H,6-7,10-12,15,18-20H2,1-5H3,(H,40,41)/t24-,30-,31+,34-,35+,37-/m1/s1. The second kappa shape index (κ2) is 15.9. The zero-order valence-electron chi connectivity index (χ0n) is 30.3. The minimum atomic E-state index is -4.13. The molecule has 0 spiro atoms. The largest absolute Gasteiger partial charge is 0.459 e. The van der Waals surface area contributed by atoms with Gasteiger partial charge in [-0.25, -0.2) is 22.2 Å². The van der Waals surface area contributed by atoms with Crippen molar-refractivity contribution in [1.82, 2.24) is 14.6 Å². The number of halogens is 2. The molecule has 52 heavy (non-hydrogen) atoms. The van der Waals surface area contributed by atoms with Crippen molar-refractivity contribution in [2.45, 2.75) is 108 Å². The number of nitrogens with one attached hydrogen (secondary N) is 2. The van der Waals surface area contributed by atoms with Gasteiger partial charge >= 0.3 is 5.97 Å². The van der Waals surface area contributed by atoms with Gasteiger partial charge in [0.15, 0.2) is 11.4 Å². The van der Waals surface area contributed by atoms with E-state index < -0.39 is 57.6 Å². The molecule has 3 fully saturated rings. The molecule has 0 radical (unpaired) electrons. The summed E-state index contributed by atoms with van der Waals surface area (Å²) in [5.41, 5.74) is 0.472. The van der Waals surface area contributed by atoms with Crippen LogP contribution in [0.25, 0.3) is 10.2 Å². The second-order valence-electron chi connectivity index (χ2n) is 15.4. The first kappa shape index (κ1) is 38.9. The van der Waals surface area contributed by atoms with Crippen molar-refractivity contribution in [1.29, 1.82) is 0 Å². The Balaban J connectivity index is 1.23. The van der Waals surface area contributed by atoms with E-state index in [1.807, 2.05) is 27.7 Å². The van der Waals surface area contributed by atoms with Gasteiger partial charge in [-0.15, -0.1) is 0 Å². The summed E-state index contributed by atoms with van der Waals surface area (Å²) in [7, 11) is -4.13. The van der Waals surface area contributed by atoms with E-state index in [0.29, 0.717) is 29.3 Å². The molecule has 15 heteroatoms. The summed E-state index contributed by atoms with van der Waals surface area (Å²) in [6, 6.07) is 8.37. The Morgan fingerprint density at radius 1 is 1.12 bits per heavy atom. The highest BCUT2D eigenvalue weighted by Gasteiger charge is 2.53. The van der Waals surface area contributed by atoms with Crippen LogP contribution >= 0.6 is 11.3 Å². The SMILES string of the molecule is CC(C)CN(C[C@@H](O)[C@@H](CC(=O)O[C@H]1CO[C@@H]2OCC[C@@](C)(NC(C)C)[C@@H]21)Cc1cc(F)cc(F)c1)S(=O)(=O)c1ccc2nc(NC3CC3)sc2c1. The lowest BCUT2D eigenvalue weighted by Gasteiger charge is -2.45. The van der Waals surface area contributed by atoms with Gasteiger partial charge in [0.05, 0.1) is 46.8 Å². The summed E-state index contributed by atoms with van der Waals surface area (Å²) in [5, 5.41) is 19.5. The van der Waals surface area contributed by atoms with Gasteiger partial charge in [0.25, 0.3) is 0 Å². The first-order valence-corrected chi connectivity index (χ1v) is 20.4. The topological polar surface area (TPSA) is 139 Å². The van der Waals surface area contributed by atoms with Crippen LogP contribution in [-0.2, 0) is 35.4 Å². The Bertz CT molecular complexity index is 1820. The number of carbonyl (C=O) groups excluding carboxylic acids is 1. The average Bonchev–Trinajstić information content (AvgIpc) is 3.61. The molecule has 11 nitrogen and oxygen atoms in total. The maximum Gasteiger partial charge on any atom is 0.306 e. The summed E-state index contributed by atoms with van der Waals surface area (Å²) in [5.74, 6) is -3.58. The number of sulfonamides is 1. The van der Waals surface area contributed by atoms with Gasteiger partial charge in [0, 0.05) is 42.7 Å². The Labute approximate surface area is 308 Å². The van der Waals surface area contributed by atoms with Crippen molar-refractivity contribution in [3.8, 4) is 0 Å². The Morgan fingerprint density at radius 3 is 2.52 bits per heavy atom. The molecule has 3 aliphatic rings. The van der Waals surface area contributed by atoms with Crippen LogP contribution in [0.3, 0.4) is 0 Å². The summed E-state index contributed by atoms with van der Waals surface area (Å²) in [6.07, 6.45) is -0.187. The van der Waals surface area contributed by atoms with Crippen LogP contribution in [0.4, 0.5) is 13.9 Å². The van der Waals surface area contributed by atoms with Crippen LogP contribution in [0.2, 0.25) is 0 Å². The van der Waals surface area contributed by atoms with Crippen LogP contribution in [0.15, 0.2) is 41.3 Å². The third-order valence-electron chi connectivity index (χ3n) is 9.91. The lowest BCUT2D eigenvalue weighted by Crippen LogP contribution is -2.60. The Kier molecular flexibility index (Phi) is 11.9. The second-order valence-corrected chi connectivity index (χ2v) is 18.4. The van der Waals surface area contributed by atoms with Crippen molar-refractivity contribution >= 4 is 42.7 Å². The van der Waals surface area contributed by atoms with E-state index in [1.165, 1.54) is 21.7 Å². The van der Waals surface area contributed by atoms with E-state index >= 15 is 0 Å². The molecule has 3 N–H and O–H groups in total. The number of hydrogen-bond acceptors (Lipinski definition) is 11. The van der Waals surface area contributed by atoms with Gasteiger partial charge in [-0.05, 0) is 74.4 Å².